The molecule has 0 bridgehead atoms. The van der Waals surface area contributed by atoms with Gasteiger partial charge in [0.1, 0.15) is 36.2 Å². The molecule has 0 saturated heterocycles. The fourth-order valence-electron chi connectivity index (χ4n) is 1.73. The van der Waals surface area contributed by atoms with Crippen LogP contribution in [0.2, 0.25) is 0 Å². The summed E-state index contributed by atoms with van der Waals surface area (Å²) in [4.78, 5) is 11.0. The summed E-state index contributed by atoms with van der Waals surface area (Å²) in [6.07, 6.45) is -0.906. The lowest BCUT2D eigenvalue weighted by Gasteiger charge is -2.22. The van der Waals surface area contributed by atoms with E-state index in [2.05, 4.69) is 0 Å². The third-order valence-electron chi connectivity index (χ3n) is 3.31. The van der Waals surface area contributed by atoms with Crippen molar-refractivity contribution in [1.82, 2.24) is 0 Å². The van der Waals surface area contributed by atoms with E-state index in [1.807, 2.05) is 0 Å². The molecule has 6 heteroatoms. The molecule has 0 fully saturated rings. The number of amides is 1. The third kappa shape index (κ3) is 4.96. The van der Waals surface area contributed by atoms with Gasteiger partial charge in [0, 0.05) is 0 Å². The molecule has 0 saturated carbocycles. The summed E-state index contributed by atoms with van der Waals surface area (Å²) < 4.78 is 23.8. The monoisotopic (exact) mass is 320 g/mol. The number of halogens is 1. The second-order valence-corrected chi connectivity index (χ2v) is 5.57. The van der Waals surface area contributed by atoms with E-state index in [1.54, 1.807) is 50.5 Å². The summed E-state index contributed by atoms with van der Waals surface area (Å²) in [5, 5.41) is 9.01. The van der Waals surface area contributed by atoms with E-state index < -0.39 is 6.09 Å². The zero-order valence-electron chi connectivity index (χ0n) is 13.0. The summed E-state index contributed by atoms with van der Waals surface area (Å²) >= 11 is 0. The smallest absolute Gasteiger partial charge is 0.488 e. The van der Waals surface area contributed by atoms with Gasteiger partial charge in [-0.1, -0.05) is 0 Å². The van der Waals surface area contributed by atoms with E-state index in [4.69, 9.17) is 14.6 Å². The van der Waals surface area contributed by atoms with Gasteiger partial charge < -0.3 is 14.6 Å². The van der Waals surface area contributed by atoms with E-state index in [0.717, 1.165) is 0 Å². The van der Waals surface area contributed by atoms with E-state index >= 15 is 0 Å². The number of rotatable bonds is 6. The van der Waals surface area contributed by atoms with Crippen LogP contribution in [0.1, 0.15) is 0 Å². The van der Waals surface area contributed by atoms with Crippen molar-refractivity contribution in [3.05, 3.63) is 54.3 Å². The van der Waals surface area contributed by atoms with Gasteiger partial charge in [-0.3, -0.25) is 0 Å². The Morgan fingerprint density at radius 3 is 2.00 bits per heavy atom. The number of ether oxygens (including phenoxy) is 2. The standard InChI is InChI=1S/C17H18FNO4/c1-19(2,17(20)21)11-12-22-14-7-9-16(10-8-14)23-15-5-3-13(18)4-6-15/h3-10H,11-12H2,1-2H3/p+1. The van der Waals surface area contributed by atoms with Crippen molar-refractivity contribution in [2.24, 2.45) is 0 Å². The Kier molecular flexibility index (Phi) is 5.18. The molecule has 0 unspecified atom stereocenters. The minimum absolute atomic E-state index is 0.161. The second kappa shape index (κ2) is 7.11. The zero-order valence-corrected chi connectivity index (χ0v) is 13.0. The molecule has 1 N–H and O–H groups in total. The molecule has 0 atom stereocenters. The predicted molar refractivity (Wildman–Crippen MR) is 83.4 cm³/mol. The Hall–Kier alpha value is -2.60. The molecule has 23 heavy (non-hydrogen) atoms. The van der Waals surface area contributed by atoms with Gasteiger partial charge in [-0.25, -0.2) is 8.87 Å². The van der Waals surface area contributed by atoms with Crippen molar-refractivity contribution < 1.29 is 28.2 Å². The van der Waals surface area contributed by atoms with Crippen LogP contribution in [-0.2, 0) is 0 Å². The Bertz CT molecular complexity index is 653. The number of carboxylic acid groups (broad SMARTS) is 1. The van der Waals surface area contributed by atoms with E-state index in [0.29, 0.717) is 23.8 Å². The van der Waals surface area contributed by atoms with Crippen LogP contribution in [0.25, 0.3) is 0 Å². The lowest BCUT2D eigenvalue weighted by molar-refractivity contribution is -0.816. The van der Waals surface area contributed by atoms with Crippen molar-refractivity contribution in [3.8, 4) is 17.2 Å². The van der Waals surface area contributed by atoms with Gasteiger partial charge in [0.15, 0.2) is 0 Å². The normalized spacial score (nSPS) is 11.1. The number of nitrogens with zero attached hydrogens (tertiary/aromatic N) is 1. The Morgan fingerprint density at radius 1 is 1.00 bits per heavy atom. The first-order chi connectivity index (χ1) is 10.9. The van der Waals surface area contributed by atoms with Crippen LogP contribution < -0.4 is 9.47 Å². The molecule has 0 spiro atoms. The second-order valence-electron chi connectivity index (χ2n) is 5.57. The maximum atomic E-state index is 12.8. The minimum atomic E-state index is -0.906. The summed E-state index contributed by atoms with van der Waals surface area (Å²) in [7, 11) is 3.21. The third-order valence-corrected chi connectivity index (χ3v) is 3.31. The van der Waals surface area contributed by atoms with Gasteiger partial charge >= 0.3 is 6.09 Å². The van der Waals surface area contributed by atoms with Crippen LogP contribution in [-0.4, -0.2) is 42.9 Å². The number of carbonyl (C=O) groups is 1. The molecule has 0 aliphatic carbocycles. The van der Waals surface area contributed by atoms with Gasteiger partial charge in [0.2, 0.25) is 0 Å². The van der Waals surface area contributed by atoms with Crippen LogP contribution >= 0.6 is 0 Å². The number of likely N-dealkylation sites (N-methyl/N-ethyl adjacent to an activating group) is 1. The Morgan fingerprint density at radius 2 is 1.48 bits per heavy atom. The SMILES string of the molecule is C[N+](C)(CCOc1ccc(Oc2ccc(F)cc2)cc1)C(=O)O. The topological polar surface area (TPSA) is 55.8 Å². The zero-order chi connectivity index (χ0) is 16.9. The number of hydrogen-bond acceptors (Lipinski definition) is 3. The molecule has 2 rings (SSSR count). The first kappa shape index (κ1) is 16.8. The molecule has 0 aliphatic rings. The van der Waals surface area contributed by atoms with Gasteiger partial charge in [0.05, 0.1) is 14.1 Å². The van der Waals surface area contributed by atoms with Crippen LogP contribution in [0.4, 0.5) is 9.18 Å². The molecule has 0 heterocycles. The fourth-order valence-corrected chi connectivity index (χ4v) is 1.73. The summed E-state index contributed by atoms with van der Waals surface area (Å²) in [5.41, 5.74) is 0. The maximum Gasteiger partial charge on any atom is 0.513 e. The van der Waals surface area contributed by atoms with Crippen molar-refractivity contribution in [1.29, 1.82) is 0 Å². The fraction of sp³-hybridized carbons (Fsp3) is 0.235. The van der Waals surface area contributed by atoms with Crippen molar-refractivity contribution in [2.45, 2.75) is 0 Å². The van der Waals surface area contributed by atoms with Crippen molar-refractivity contribution >= 4 is 6.09 Å². The molecule has 5 nitrogen and oxygen atoms in total. The van der Waals surface area contributed by atoms with Gasteiger partial charge in [-0.2, -0.15) is 4.79 Å². The first-order valence-corrected chi connectivity index (χ1v) is 7.09. The van der Waals surface area contributed by atoms with E-state index in [1.165, 1.54) is 12.1 Å². The summed E-state index contributed by atoms with van der Waals surface area (Å²) in [5.74, 6) is 1.46. The number of quaternary nitrogens is 1. The molecular formula is C17H19FNO4+. The van der Waals surface area contributed by atoms with Gasteiger partial charge in [-0.05, 0) is 48.5 Å². The summed E-state index contributed by atoms with van der Waals surface area (Å²) in [6, 6.07) is 12.7. The number of hydrogen-bond donors (Lipinski definition) is 1. The Balaban J connectivity index is 1.87. The molecule has 122 valence electrons. The van der Waals surface area contributed by atoms with Gasteiger partial charge in [0.25, 0.3) is 0 Å². The lowest BCUT2D eigenvalue weighted by Crippen LogP contribution is -2.47. The van der Waals surface area contributed by atoms with Gasteiger partial charge in [-0.15, -0.1) is 0 Å². The maximum absolute atomic E-state index is 12.8. The van der Waals surface area contributed by atoms with Crippen LogP contribution in [0.5, 0.6) is 17.2 Å². The predicted octanol–water partition coefficient (Wildman–Crippen LogP) is 3.75. The lowest BCUT2D eigenvalue weighted by atomic mass is 10.3. The molecule has 0 radical (unpaired) electrons. The van der Waals surface area contributed by atoms with Crippen LogP contribution in [0.15, 0.2) is 48.5 Å². The highest BCUT2D eigenvalue weighted by Crippen LogP contribution is 2.24. The highest BCUT2D eigenvalue weighted by Gasteiger charge is 2.25. The quantitative estimate of drug-likeness (QED) is 0.824. The Labute approximate surface area is 134 Å². The van der Waals surface area contributed by atoms with Crippen LogP contribution in [0, 0.1) is 5.82 Å². The molecule has 0 aromatic heterocycles. The van der Waals surface area contributed by atoms with E-state index in [9.17, 15) is 9.18 Å². The van der Waals surface area contributed by atoms with Crippen molar-refractivity contribution in [3.63, 3.8) is 0 Å². The average molecular weight is 320 g/mol. The minimum Gasteiger partial charge on any atom is -0.488 e. The largest absolute Gasteiger partial charge is 0.513 e. The number of benzene rings is 2. The van der Waals surface area contributed by atoms with Crippen LogP contribution in [0.3, 0.4) is 0 Å². The van der Waals surface area contributed by atoms with Crippen molar-refractivity contribution in [2.75, 3.05) is 27.2 Å². The molecule has 1 amide bonds. The highest BCUT2D eigenvalue weighted by atomic mass is 19.1. The average Bonchev–Trinajstić information content (AvgIpc) is 2.51. The summed E-state index contributed by atoms with van der Waals surface area (Å²) in [6.45, 7) is 0.640. The molecule has 0 aliphatic heterocycles. The first-order valence-electron chi connectivity index (χ1n) is 7.09. The van der Waals surface area contributed by atoms with E-state index in [-0.39, 0.29) is 16.9 Å². The molecule has 2 aromatic rings. The highest BCUT2D eigenvalue weighted by molar-refractivity contribution is 5.56. The molecule has 2 aromatic carbocycles. The molecular weight excluding hydrogens is 301 g/mol.